The summed E-state index contributed by atoms with van der Waals surface area (Å²) in [5.41, 5.74) is 1.04. The number of methoxy groups -OCH3 is 1. The second kappa shape index (κ2) is 7.82. The van der Waals surface area contributed by atoms with Crippen molar-refractivity contribution in [1.29, 1.82) is 0 Å². The van der Waals surface area contributed by atoms with E-state index in [4.69, 9.17) is 4.74 Å². The van der Waals surface area contributed by atoms with E-state index in [2.05, 4.69) is 4.98 Å². The molecule has 0 radical (unpaired) electrons. The maximum Gasteiger partial charge on any atom is 0.263 e. The number of aryl methyl sites for hydroxylation is 2. The van der Waals surface area contributed by atoms with E-state index in [1.54, 1.807) is 4.57 Å². The minimum absolute atomic E-state index is 0.0289. The van der Waals surface area contributed by atoms with Crippen LogP contribution in [0.4, 0.5) is 4.39 Å². The average molecular weight is 407 g/mol. The van der Waals surface area contributed by atoms with Crippen LogP contribution < -0.4 is 10.3 Å². The standard InChI is InChI=1S/C19H19FN2O3S2/c1-5-22-18(24)16-10(2)11(3)27-17(16)21-19(22)26-9-14(23)13-8-12(20)6-7-15(13)25-4/h6-8H,5,9H2,1-4H3. The number of benzene rings is 1. The van der Waals surface area contributed by atoms with Crippen molar-refractivity contribution >= 4 is 39.1 Å². The van der Waals surface area contributed by atoms with E-state index in [0.29, 0.717) is 27.7 Å². The van der Waals surface area contributed by atoms with E-state index in [1.807, 2.05) is 20.8 Å². The summed E-state index contributed by atoms with van der Waals surface area (Å²) in [5, 5.41) is 1.13. The summed E-state index contributed by atoms with van der Waals surface area (Å²) in [6, 6.07) is 3.84. The van der Waals surface area contributed by atoms with Gasteiger partial charge in [-0.05, 0) is 44.5 Å². The first-order valence-corrected chi connectivity index (χ1v) is 10.2. The van der Waals surface area contributed by atoms with Gasteiger partial charge in [-0.15, -0.1) is 11.3 Å². The highest BCUT2D eigenvalue weighted by atomic mass is 32.2. The maximum atomic E-state index is 13.5. The minimum Gasteiger partial charge on any atom is -0.496 e. The highest BCUT2D eigenvalue weighted by molar-refractivity contribution is 7.99. The molecule has 1 aromatic carbocycles. The number of hydrogen-bond acceptors (Lipinski definition) is 6. The van der Waals surface area contributed by atoms with Gasteiger partial charge in [-0.25, -0.2) is 9.37 Å². The van der Waals surface area contributed by atoms with E-state index in [0.717, 1.165) is 16.5 Å². The molecular weight excluding hydrogens is 387 g/mol. The molecule has 0 N–H and O–H groups in total. The fourth-order valence-electron chi connectivity index (χ4n) is 2.80. The van der Waals surface area contributed by atoms with Gasteiger partial charge in [-0.1, -0.05) is 11.8 Å². The van der Waals surface area contributed by atoms with Gasteiger partial charge in [-0.3, -0.25) is 14.2 Å². The third kappa shape index (κ3) is 3.64. The van der Waals surface area contributed by atoms with Crippen LogP contribution in [0, 0.1) is 19.7 Å². The Morgan fingerprint density at radius 1 is 1.37 bits per heavy atom. The molecule has 0 fully saturated rings. The highest BCUT2D eigenvalue weighted by Gasteiger charge is 2.19. The van der Waals surface area contributed by atoms with Crippen molar-refractivity contribution in [3.8, 4) is 5.75 Å². The molecule has 27 heavy (non-hydrogen) atoms. The average Bonchev–Trinajstić information content (AvgIpc) is 2.93. The predicted molar refractivity (Wildman–Crippen MR) is 107 cm³/mol. The lowest BCUT2D eigenvalue weighted by atomic mass is 10.1. The Hall–Kier alpha value is -2.19. The van der Waals surface area contributed by atoms with Crippen LogP contribution >= 0.6 is 23.1 Å². The van der Waals surface area contributed by atoms with Crippen LogP contribution in [-0.4, -0.2) is 28.2 Å². The second-order valence-corrected chi connectivity index (χ2v) is 8.11. The molecule has 3 aromatic rings. The number of thiophene rings is 1. The van der Waals surface area contributed by atoms with Crippen molar-refractivity contribution in [2.45, 2.75) is 32.5 Å². The molecule has 0 aliphatic rings. The summed E-state index contributed by atoms with van der Waals surface area (Å²) < 4.78 is 20.2. The number of thioether (sulfide) groups is 1. The highest BCUT2D eigenvalue weighted by Crippen LogP contribution is 2.29. The maximum absolute atomic E-state index is 13.5. The Morgan fingerprint density at radius 2 is 2.11 bits per heavy atom. The summed E-state index contributed by atoms with van der Waals surface area (Å²) in [4.78, 5) is 31.7. The molecule has 2 heterocycles. The van der Waals surface area contributed by atoms with Crippen LogP contribution in [0.1, 0.15) is 27.7 Å². The lowest BCUT2D eigenvalue weighted by Gasteiger charge is -2.11. The third-order valence-corrected chi connectivity index (χ3v) is 6.44. The van der Waals surface area contributed by atoms with E-state index in [-0.39, 0.29) is 22.7 Å². The first kappa shape index (κ1) is 19.6. The molecule has 2 aromatic heterocycles. The monoisotopic (exact) mass is 406 g/mol. The first-order chi connectivity index (χ1) is 12.9. The van der Waals surface area contributed by atoms with E-state index < -0.39 is 5.82 Å². The van der Waals surface area contributed by atoms with Crippen molar-refractivity contribution in [2.24, 2.45) is 0 Å². The molecule has 0 saturated heterocycles. The number of hydrogen-bond donors (Lipinski definition) is 0. The van der Waals surface area contributed by atoms with Crippen LogP contribution in [0.15, 0.2) is 28.2 Å². The van der Waals surface area contributed by atoms with Crippen molar-refractivity contribution in [3.63, 3.8) is 0 Å². The molecule has 0 spiro atoms. The summed E-state index contributed by atoms with van der Waals surface area (Å²) in [6.45, 7) is 6.20. The van der Waals surface area contributed by atoms with Crippen LogP contribution in [0.5, 0.6) is 5.75 Å². The van der Waals surface area contributed by atoms with Crippen molar-refractivity contribution < 1.29 is 13.9 Å². The lowest BCUT2D eigenvalue weighted by Crippen LogP contribution is -2.22. The second-order valence-electron chi connectivity index (χ2n) is 5.96. The third-order valence-electron chi connectivity index (χ3n) is 4.36. The quantitative estimate of drug-likeness (QED) is 0.348. The molecule has 142 valence electrons. The van der Waals surface area contributed by atoms with Gasteiger partial charge in [0.2, 0.25) is 0 Å². The summed E-state index contributed by atoms with van der Waals surface area (Å²) in [7, 11) is 1.43. The van der Waals surface area contributed by atoms with Gasteiger partial charge in [0, 0.05) is 11.4 Å². The van der Waals surface area contributed by atoms with Crippen LogP contribution in [0.25, 0.3) is 10.2 Å². The van der Waals surface area contributed by atoms with Crippen LogP contribution in [-0.2, 0) is 6.54 Å². The number of aromatic nitrogens is 2. The molecule has 5 nitrogen and oxygen atoms in total. The Labute approximate surface area is 164 Å². The lowest BCUT2D eigenvalue weighted by molar-refractivity contribution is 0.101. The van der Waals surface area contributed by atoms with Crippen molar-refractivity contribution in [3.05, 3.63) is 50.4 Å². The largest absolute Gasteiger partial charge is 0.496 e. The summed E-state index contributed by atoms with van der Waals surface area (Å²) in [6.07, 6.45) is 0. The molecule has 0 bridgehead atoms. The Morgan fingerprint density at radius 3 is 2.78 bits per heavy atom. The zero-order valence-electron chi connectivity index (χ0n) is 15.5. The molecule has 3 rings (SSSR count). The Balaban J connectivity index is 1.94. The molecule has 0 unspecified atom stereocenters. The van der Waals surface area contributed by atoms with Crippen LogP contribution in [0.3, 0.4) is 0 Å². The van der Waals surface area contributed by atoms with E-state index in [9.17, 15) is 14.0 Å². The number of ether oxygens (including phenoxy) is 1. The van der Waals surface area contributed by atoms with Crippen LogP contribution in [0.2, 0.25) is 0 Å². The van der Waals surface area contributed by atoms with Gasteiger partial charge in [0.25, 0.3) is 5.56 Å². The number of rotatable bonds is 6. The molecule has 0 atom stereocenters. The first-order valence-electron chi connectivity index (χ1n) is 8.37. The zero-order valence-corrected chi connectivity index (χ0v) is 17.1. The number of nitrogens with zero attached hydrogens (tertiary/aromatic N) is 2. The SMILES string of the molecule is CCn1c(SCC(=O)c2cc(F)ccc2OC)nc2sc(C)c(C)c2c1=O. The van der Waals surface area contributed by atoms with Gasteiger partial charge in [0.15, 0.2) is 10.9 Å². The zero-order chi connectivity index (χ0) is 19.7. The van der Waals surface area contributed by atoms with Crippen molar-refractivity contribution in [1.82, 2.24) is 9.55 Å². The number of fused-ring (bicyclic) bond motifs is 1. The normalized spacial score (nSPS) is 11.1. The summed E-state index contributed by atoms with van der Waals surface area (Å²) >= 11 is 2.65. The summed E-state index contributed by atoms with van der Waals surface area (Å²) in [5.74, 6) is -0.436. The van der Waals surface area contributed by atoms with E-state index >= 15 is 0 Å². The van der Waals surface area contributed by atoms with E-state index in [1.165, 1.54) is 42.3 Å². The van der Waals surface area contributed by atoms with Gasteiger partial charge in [-0.2, -0.15) is 0 Å². The number of ketones is 1. The topological polar surface area (TPSA) is 61.2 Å². The van der Waals surface area contributed by atoms with Gasteiger partial charge < -0.3 is 4.74 Å². The van der Waals surface area contributed by atoms with Crippen molar-refractivity contribution in [2.75, 3.05) is 12.9 Å². The Kier molecular flexibility index (Phi) is 5.67. The fraction of sp³-hybridized carbons (Fsp3) is 0.316. The molecule has 0 aliphatic carbocycles. The molecule has 8 heteroatoms. The smallest absolute Gasteiger partial charge is 0.263 e. The number of halogens is 1. The Bertz CT molecular complexity index is 1090. The van der Waals surface area contributed by atoms with Gasteiger partial charge in [0.1, 0.15) is 16.4 Å². The molecule has 0 amide bonds. The molecular formula is C19H19FN2O3S2. The minimum atomic E-state index is -0.501. The fourth-order valence-corrected chi connectivity index (χ4v) is 4.82. The molecule has 0 saturated carbocycles. The number of carbonyl (C=O) groups excluding carboxylic acids is 1. The number of Topliss-reactive ketones (excluding diaryl/α,β-unsaturated/α-hetero) is 1. The molecule has 0 aliphatic heterocycles. The number of carbonyl (C=O) groups is 1. The van der Waals surface area contributed by atoms with Gasteiger partial charge >= 0.3 is 0 Å². The van der Waals surface area contributed by atoms with Gasteiger partial charge in [0.05, 0.1) is 23.8 Å². The predicted octanol–water partition coefficient (Wildman–Crippen LogP) is 4.22.